The summed E-state index contributed by atoms with van der Waals surface area (Å²) in [5.74, 6) is -0.188. The number of hydrogen-bond acceptors (Lipinski definition) is 4. The lowest BCUT2D eigenvalue weighted by atomic mass is 10.3. The summed E-state index contributed by atoms with van der Waals surface area (Å²) in [7, 11) is 1.50. The summed E-state index contributed by atoms with van der Waals surface area (Å²) in [5.41, 5.74) is 0.594. The van der Waals surface area contributed by atoms with Crippen molar-refractivity contribution in [2.75, 3.05) is 20.3 Å². The second-order valence-corrected chi connectivity index (χ2v) is 5.25. The van der Waals surface area contributed by atoms with E-state index in [2.05, 4.69) is 21.2 Å². The molecular weight excluding hydrogens is 282 g/mol. The Morgan fingerprint density at radius 1 is 1.80 bits per heavy atom. The van der Waals surface area contributed by atoms with Gasteiger partial charge in [-0.15, -0.1) is 11.3 Å². The number of nitrogens with one attached hydrogen (secondary N) is 1. The molecule has 1 heterocycles. The number of aliphatic hydroxyl groups is 1. The Morgan fingerprint density at radius 3 is 3.07 bits per heavy atom. The van der Waals surface area contributed by atoms with Crippen molar-refractivity contribution in [3.63, 3.8) is 0 Å². The molecule has 0 bridgehead atoms. The number of hydrogen-bond donors (Lipinski definition) is 2. The Labute approximate surface area is 100 Å². The summed E-state index contributed by atoms with van der Waals surface area (Å²) in [6.45, 7) is 0.410. The first-order valence-corrected chi connectivity index (χ1v) is 6.00. The highest BCUT2D eigenvalue weighted by atomic mass is 79.9. The van der Waals surface area contributed by atoms with Crippen molar-refractivity contribution in [3.8, 4) is 0 Å². The van der Waals surface area contributed by atoms with Gasteiger partial charge in [-0.05, 0) is 22.0 Å². The molecule has 15 heavy (non-hydrogen) atoms. The van der Waals surface area contributed by atoms with Crippen LogP contribution in [-0.2, 0) is 4.74 Å². The molecule has 0 saturated heterocycles. The van der Waals surface area contributed by atoms with E-state index in [0.29, 0.717) is 5.56 Å². The maximum atomic E-state index is 11.5. The molecule has 0 aliphatic heterocycles. The zero-order valence-corrected chi connectivity index (χ0v) is 10.6. The van der Waals surface area contributed by atoms with E-state index in [4.69, 9.17) is 4.74 Å². The minimum atomic E-state index is -0.666. The fraction of sp³-hybridized carbons (Fsp3) is 0.444. The monoisotopic (exact) mass is 293 g/mol. The molecule has 1 rings (SSSR count). The number of ether oxygens (including phenoxy) is 1. The quantitative estimate of drug-likeness (QED) is 0.859. The third-order valence-electron chi connectivity index (χ3n) is 1.69. The summed E-state index contributed by atoms with van der Waals surface area (Å²) in [4.78, 5) is 11.5. The molecule has 6 heteroatoms. The fourth-order valence-electron chi connectivity index (χ4n) is 0.993. The van der Waals surface area contributed by atoms with Crippen molar-refractivity contribution in [1.82, 2.24) is 5.32 Å². The Bertz CT molecular complexity index is 329. The maximum absolute atomic E-state index is 11.5. The van der Waals surface area contributed by atoms with Gasteiger partial charge in [-0.3, -0.25) is 4.79 Å². The first-order chi connectivity index (χ1) is 7.13. The molecular formula is C9H12BrNO3S. The van der Waals surface area contributed by atoms with Gasteiger partial charge in [0.15, 0.2) is 0 Å². The average molecular weight is 294 g/mol. The molecule has 0 spiro atoms. The molecule has 84 valence electrons. The van der Waals surface area contributed by atoms with Crippen molar-refractivity contribution in [2.24, 2.45) is 0 Å². The maximum Gasteiger partial charge on any atom is 0.252 e. The predicted molar refractivity (Wildman–Crippen MR) is 62.2 cm³/mol. The molecule has 1 atom stereocenters. The van der Waals surface area contributed by atoms with Gasteiger partial charge in [-0.25, -0.2) is 0 Å². The number of rotatable bonds is 5. The number of carbonyl (C=O) groups is 1. The highest BCUT2D eigenvalue weighted by molar-refractivity contribution is 9.11. The third kappa shape index (κ3) is 4.29. The van der Waals surface area contributed by atoms with Crippen LogP contribution in [0.4, 0.5) is 0 Å². The SMILES string of the molecule is COCC(O)CNC(=O)c1csc(Br)c1. The molecule has 1 amide bonds. The van der Waals surface area contributed by atoms with Gasteiger partial charge in [0.1, 0.15) is 0 Å². The average Bonchev–Trinajstić information content (AvgIpc) is 2.62. The van der Waals surface area contributed by atoms with E-state index < -0.39 is 6.10 Å². The van der Waals surface area contributed by atoms with Crippen molar-refractivity contribution in [1.29, 1.82) is 0 Å². The Balaban J connectivity index is 2.36. The number of aliphatic hydroxyl groups excluding tert-OH is 1. The van der Waals surface area contributed by atoms with Crippen molar-refractivity contribution >= 4 is 33.2 Å². The van der Waals surface area contributed by atoms with Crippen LogP contribution in [-0.4, -0.2) is 37.4 Å². The molecule has 0 fully saturated rings. The van der Waals surface area contributed by atoms with E-state index in [-0.39, 0.29) is 19.1 Å². The first kappa shape index (κ1) is 12.6. The minimum Gasteiger partial charge on any atom is -0.389 e. The van der Waals surface area contributed by atoms with Crippen LogP contribution < -0.4 is 5.32 Å². The van der Waals surface area contributed by atoms with E-state index in [1.165, 1.54) is 18.4 Å². The van der Waals surface area contributed by atoms with Crippen LogP contribution in [0.5, 0.6) is 0 Å². The number of methoxy groups -OCH3 is 1. The van der Waals surface area contributed by atoms with E-state index in [1.807, 2.05) is 0 Å². The van der Waals surface area contributed by atoms with Crippen LogP contribution in [0.15, 0.2) is 15.2 Å². The molecule has 1 aromatic rings. The topological polar surface area (TPSA) is 58.6 Å². The standard InChI is InChI=1S/C9H12BrNO3S/c1-14-4-7(12)3-11-9(13)6-2-8(10)15-5-6/h2,5,7,12H,3-4H2,1H3,(H,11,13). The molecule has 0 radical (unpaired) electrons. The Kier molecular flexibility index (Phi) is 5.24. The van der Waals surface area contributed by atoms with E-state index in [9.17, 15) is 9.90 Å². The van der Waals surface area contributed by atoms with Gasteiger partial charge in [0.2, 0.25) is 0 Å². The molecule has 2 N–H and O–H groups in total. The van der Waals surface area contributed by atoms with Crippen LogP contribution in [0.3, 0.4) is 0 Å². The van der Waals surface area contributed by atoms with Gasteiger partial charge in [-0.1, -0.05) is 0 Å². The Morgan fingerprint density at radius 2 is 2.53 bits per heavy atom. The van der Waals surface area contributed by atoms with Crippen molar-refractivity contribution in [3.05, 3.63) is 20.8 Å². The normalized spacial score (nSPS) is 12.5. The molecule has 0 aliphatic rings. The zero-order chi connectivity index (χ0) is 11.3. The smallest absolute Gasteiger partial charge is 0.252 e. The summed E-state index contributed by atoms with van der Waals surface area (Å²) < 4.78 is 5.65. The molecule has 4 nitrogen and oxygen atoms in total. The number of carbonyl (C=O) groups excluding carboxylic acids is 1. The van der Waals surface area contributed by atoms with E-state index in [0.717, 1.165) is 3.79 Å². The van der Waals surface area contributed by atoms with Gasteiger partial charge in [0, 0.05) is 19.0 Å². The van der Waals surface area contributed by atoms with Crippen LogP contribution in [0.1, 0.15) is 10.4 Å². The molecule has 0 saturated carbocycles. The lowest BCUT2D eigenvalue weighted by molar-refractivity contribution is 0.0610. The summed E-state index contributed by atoms with van der Waals surface area (Å²) in [5, 5.41) is 13.7. The Hall–Kier alpha value is -0.430. The third-order valence-corrected chi connectivity index (χ3v) is 3.19. The van der Waals surface area contributed by atoms with Gasteiger partial charge >= 0.3 is 0 Å². The largest absolute Gasteiger partial charge is 0.389 e. The summed E-state index contributed by atoms with van der Waals surface area (Å²) in [6.07, 6.45) is -0.666. The summed E-state index contributed by atoms with van der Waals surface area (Å²) >= 11 is 4.72. The predicted octanol–water partition coefficient (Wildman–Crippen LogP) is 1.25. The molecule has 0 aliphatic carbocycles. The first-order valence-electron chi connectivity index (χ1n) is 4.32. The number of amides is 1. The second kappa shape index (κ2) is 6.22. The van der Waals surface area contributed by atoms with Crippen LogP contribution in [0.25, 0.3) is 0 Å². The van der Waals surface area contributed by atoms with Crippen molar-refractivity contribution < 1.29 is 14.6 Å². The van der Waals surface area contributed by atoms with Gasteiger partial charge in [-0.2, -0.15) is 0 Å². The molecule has 1 aromatic heterocycles. The highest BCUT2D eigenvalue weighted by Gasteiger charge is 2.09. The van der Waals surface area contributed by atoms with Crippen LogP contribution >= 0.6 is 27.3 Å². The minimum absolute atomic E-state index is 0.188. The lowest BCUT2D eigenvalue weighted by Crippen LogP contribution is -2.34. The highest BCUT2D eigenvalue weighted by Crippen LogP contribution is 2.20. The van der Waals surface area contributed by atoms with Crippen LogP contribution in [0.2, 0.25) is 0 Å². The van der Waals surface area contributed by atoms with Gasteiger partial charge in [0.05, 0.1) is 22.1 Å². The fourth-order valence-corrected chi connectivity index (χ4v) is 2.13. The summed E-state index contributed by atoms with van der Waals surface area (Å²) in [6, 6.07) is 1.74. The van der Waals surface area contributed by atoms with Crippen LogP contribution in [0, 0.1) is 0 Å². The molecule has 0 aromatic carbocycles. The van der Waals surface area contributed by atoms with Gasteiger partial charge < -0.3 is 15.2 Å². The lowest BCUT2D eigenvalue weighted by Gasteiger charge is -2.09. The molecule has 1 unspecified atom stereocenters. The van der Waals surface area contributed by atoms with Gasteiger partial charge in [0.25, 0.3) is 5.91 Å². The number of thiophene rings is 1. The van der Waals surface area contributed by atoms with E-state index in [1.54, 1.807) is 11.4 Å². The van der Waals surface area contributed by atoms with Crippen molar-refractivity contribution in [2.45, 2.75) is 6.10 Å². The number of halogens is 1. The van der Waals surface area contributed by atoms with E-state index >= 15 is 0 Å². The zero-order valence-electron chi connectivity index (χ0n) is 8.20. The second-order valence-electron chi connectivity index (χ2n) is 2.96.